The normalized spacial score (nSPS) is 12.9. The maximum absolute atomic E-state index is 3.97. The van der Waals surface area contributed by atoms with Crippen LogP contribution in [0.1, 0.15) is 32.8 Å². The molecule has 0 saturated heterocycles. The van der Waals surface area contributed by atoms with Gasteiger partial charge < -0.3 is 4.90 Å². The lowest BCUT2D eigenvalue weighted by atomic mass is 10.1. The molecule has 0 aromatic heterocycles. The highest BCUT2D eigenvalue weighted by Gasteiger charge is 2.00. The summed E-state index contributed by atoms with van der Waals surface area (Å²) in [5.74, 6) is 0. The minimum Gasteiger partial charge on any atom is -0.378 e. The molecule has 0 aliphatic heterocycles. The Morgan fingerprint density at radius 2 is 2.11 bits per heavy atom. The van der Waals surface area contributed by atoms with E-state index in [1.807, 2.05) is 6.92 Å². The number of hydrogen-bond acceptors (Lipinski definition) is 1. The highest BCUT2D eigenvalue weighted by molar-refractivity contribution is 5.35. The zero-order valence-electron chi connectivity index (χ0n) is 12.2. The molecule has 1 heteroatoms. The number of allylic oxidation sites excluding steroid dienone is 1. The Morgan fingerprint density at radius 1 is 1.39 bits per heavy atom. The van der Waals surface area contributed by atoms with Gasteiger partial charge in [0.15, 0.2) is 0 Å². The maximum Gasteiger partial charge on any atom is 0.0212 e. The summed E-state index contributed by atoms with van der Waals surface area (Å²) in [6, 6.07) is 6.59. The van der Waals surface area contributed by atoms with Crippen LogP contribution in [0.3, 0.4) is 0 Å². The van der Waals surface area contributed by atoms with E-state index in [4.69, 9.17) is 0 Å². The molecule has 0 heterocycles. The van der Waals surface area contributed by atoms with Gasteiger partial charge in [0, 0.05) is 19.3 Å². The van der Waals surface area contributed by atoms with Gasteiger partial charge in [-0.3, -0.25) is 0 Å². The second-order valence-corrected chi connectivity index (χ2v) is 4.73. The van der Waals surface area contributed by atoms with Crippen molar-refractivity contribution in [1.29, 1.82) is 0 Å². The molecule has 0 unspecified atom stereocenters. The summed E-state index contributed by atoms with van der Waals surface area (Å²) in [7, 11) is 2.10. The second-order valence-electron chi connectivity index (χ2n) is 4.73. The molecule has 1 nitrogen and oxygen atoms in total. The average Bonchev–Trinajstić information content (AvgIpc) is 2.36. The zero-order chi connectivity index (χ0) is 13.5. The quantitative estimate of drug-likeness (QED) is 0.768. The van der Waals surface area contributed by atoms with Crippen LogP contribution in [0.4, 0.5) is 0 Å². The number of rotatable bonds is 5. The van der Waals surface area contributed by atoms with Crippen LogP contribution in [0.15, 0.2) is 30.5 Å². The average molecular weight is 243 g/mol. The summed E-state index contributed by atoms with van der Waals surface area (Å²) in [5, 5.41) is 2.74. The SMILES string of the molecule is C=C(C)N(C)CCc1cccc(=C/CC)/c1=C\C. The summed E-state index contributed by atoms with van der Waals surface area (Å²) in [6.07, 6.45) is 6.66. The van der Waals surface area contributed by atoms with E-state index < -0.39 is 0 Å². The van der Waals surface area contributed by atoms with Gasteiger partial charge >= 0.3 is 0 Å². The Kier molecular flexibility index (Phi) is 5.70. The molecule has 0 aliphatic carbocycles. The molecule has 1 aromatic carbocycles. The Balaban J connectivity index is 3.01. The van der Waals surface area contributed by atoms with Gasteiger partial charge in [-0.15, -0.1) is 0 Å². The van der Waals surface area contributed by atoms with Crippen LogP contribution in [-0.2, 0) is 6.42 Å². The largest absolute Gasteiger partial charge is 0.378 e. The number of nitrogens with zero attached hydrogens (tertiary/aromatic N) is 1. The van der Waals surface area contributed by atoms with E-state index in [0.717, 1.165) is 25.1 Å². The van der Waals surface area contributed by atoms with Crippen molar-refractivity contribution < 1.29 is 0 Å². The van der Waals surface area contributed by atoms with E-state index in [-0.39, 0.29) is 0 Å². The molecule has 0 saturated carbocycles. The molecule has 1 aromatic rings. The van der Waals surface area contributed by atoms with Crippen LogP contribution in [-0.4, -0.2) is 18.5 Å². The van der Waals surface area contributed by atoms with Gasteiger partial charge in [-0.25, -0.2) is 0 Å². The Morgan fingerprint density at radius 3 is 2.67 bits per heavy atom. The molecular formula is C17H25N. The first-order chi connectivity index (χ1) is 8.60. The third-order valence-corrected chi connectivity index (χ3v) is 3.31. The van der Waals surface area contributed by atoms with Gasteiger partial charge in [-0.1, -0.05) is 43.9 Å². The van der Waals surface area contributed by atoms with Gasteiger partial charge in [-0.05, 0) is 42.7 Å². The van der Waals surface area contributed by atoms with Gasteiger partial charge in [0.2, 0.25) is 0 Å². The van der Waals surface area contributed by atoms with Gasteiger partial charge in [0.25, 0.3) is 0 Å². The molecule has 0 atom stereocenters. The van der Waals surface area contributed by atoms with Gasteiger partial charge in [-0.2, -0.15) is 0 Å². The van der Waals surface area contributed by atoms with Gasteiger partial charge in [0.05, 0.1) is 0 Å². The molecule has 0 N–H and O–H groups in total. The highest BCUT2D eigenvalue weighted by Crippen LogP contribution is 1.99. The third kappa shape index (κ3) is 3.76. The molecule has 0 radical (unpaired) electrons. The number of benzene rings is 1. The zero-order valence-corrected chi connectivity index (χ0v) is 12.2. The molecule has 18 heavy (non-hydrogen) atoms. The van der Waals surface area contributed by atoms with Crippen molar-refractivity contribution >= 4 is 12.2 Å². The standard InChI is InChI=1S/C17H25N/c1-6-9-15-10-8-11-16(17(15)7-2)12-13-18(5)14(3)4/h7-11H,3,6,12-13H2,1-2,4-5H3/b15-9-,17-7+. The van der Waals surface area contributed by atoms with Crippen molar-refractivity contribution in [3.63, 3.8) is 0 Å². The summed E-state index contributed by atoms with van der Waals surface area (Å²) in [5.41, 5.74) is 2.54. The van der Waals surface area contributed by atoms with Gasteiger partial charge in [0.1, 0.15) is 0 Å². The minimum atomic E-state index is 1.02. The fourth-order valence-corrected chi connectivity index (χ4v) is 2.08. The van der Waals surface area contributed by atoms with Crippen LogP contribution in [0, 0.1) is 0 Å². The van der Waals surface area contributed by atoms with E-state index >= 15 is 0 Å². The summed E-state index contributed by atoms with van der Waals surface area (Å²) in [4.78, 5) is 2.20. The lowest BCUT2D eigenvalue weighted by Crippen LogP contribution is -2.30. The summed E-state index contributed by atoms with van der Waals surface area (Å²) < 4.78 is 0. The molecule has 98 valence electrons. The lowest BCUT2D eigenvalue weighted by Gasteiger charge is -2.18. The van der Waals surface area contributed by atoms with Crippen molar-refractivity contribution in [1.82, 2.24) is 4.90 Å². The number of hydrogen-bond donors (Lipinski definition) is 0. The van der Waals surface area contributed by atoms with Crippen LogP contribution < -0.4 is 10.4 Å². The topological polar surface area (TPSA) is 3.24 Å². The summed E-state index contributed by atoms with van der Waals surface area (Å²) >= 11 is 0. The second kappa shape index (κ2) is 7.05. The van der Waals surface area contributed by atoms with Crippen LogP contribution in [0.2, 0.25) is 0 Å². The van der Waals surface area contributed by atoms with Crippen LogP contribution in [0.25, 0.3) is 12.2 Å². The summed E-state index contributed by atoms with van der Waals surface area (Å²) in [6.45, 7) is 11.3. The smallest absolute Gasteiger partial charge is 0.0212 e. The van der Waals surface area contributed by atoms with Crippen LogP contribution in [0.5, 0.6) is 0 Å². The predicted octanol–water partition coefficient (Wildman–Crippen LogP) is 2.69. The molecule has 0 amide bonds. The van der Waals surface area contributed by atoms with Crippen molar-refractivity contribution in [2.45, 2.75) is 33.6 Å². The van der Waals surface area contributed by atoms with Crippen molar-refractivity contribution in [3.8, 4) is 0 Å². The molecule has 0 bridgehead atoms. The van der Waals surface area contributed by atoms with E-state index in [9.17, 15) is 0 Å². The molecular weight excluding hydrogens is 218 g/mol. The molecule has 0 spiro atoms. The Labute approximate surface area is 111 Å². The Bertz CT molecular complexity index is 511. The molecule has 0 aliphatic rings. The van der Waals surface area contributed by atoms with E-state index in [0.29, 0.717) is 0 Å². The van der Waals surface area contributed by atoms with E-state index in [2.05, 4.69) is 62.7 Å². The molecule has 0 fully saturated rings. The maximum atomic E-state index is 3.97. The fourth-order valence-electron chi connectivity index (χ4n) is 2.08. The first-order valence-corrected chi connectivity index (χ1v) is 6.71. The fraction of sp³-hybridized carbons (Fsp3) is 0.412. The third-order valence-electron chi connectivity index (χ3n) is 3.31. The van der Waals surface area contributed by atoms with Crippen molar-refractivity contribution in [2.75, 3.05) is 13.6 Å². The highest BCUT2D eigenvalue weighted by atomic mass is 15.1. The monoisotopic (exact) mass is 243 g/mol. The first kappa shape index (κ1) is 14.6. The minimum absolute atomic E-state index is 1.02. The van der Waals surface area contributed by atoms with Crippen molar-refractivity contribution in [3.05, 3.63) is 46.5 Å². The van der Waals surface area contributed by atoms with Crippen molar-refractivity contribution in [2.24, 2.45) is 0 Å². The number of likely N-dealkylation sites (N-methyl/N-ethyl adjacent to an activating group) is 1. The lowest BCUT2D eigenvalue weighted by molar-refractivity contribution is 0.424. The van der Waals surface area contributed by atoms with Crippen LogP contribution >= 0.6 is 0 Å². The predicted molar refractivity (Wildman–Crippen MR) is 81.7 cm³/mol. The van der Waals surface area contributed by atoms with E-state index in [1.54, 1.807) is 0 Å². The Hall–Kier alpha value is -1.50. The van der Waals surface area contributed by atoms with E-state index in [1.165, 1.54) is 16.0 Å². The first-order valence-electron chi connectivity index (χ1n) is 6.71. The molecule has 1 rings (SSSR count).